The fraction of sp³-hybridized carbons (Fsp3) is 0.392. The first-order chi connectivity index (χ1) is 27.9. The van der Waals surface area contributed by atoms with Crippen molar-refractivity contribution in [2.24, 2.45) is 0 Å². The normalized spacial score (nSPS) is 18.7. The lowest BCUT2D eigenvalue weighted by atomic mass is 9.80. The van der Waals surface area contributed by atoms with Gasteiger partial charge in [0.2, 0.25) is 0 Å². The molecule has 2 aliphatic rings. The van der Waals surface area contributed by atoms with Gasteiger partial charge in [-0.2, -0.15) is 0 Å². The van der Waals surface area contributed by atoms with E-state index >= 15 is 0 Å². The maximum absolute atomic E-state index is 14.9. The van der Waals surface area contributed by atoms with Gasteiger partial charge < -0.3 is 18.3 Å². The summed E-state index contributed by atoms with van der Waals surface area (Å²) in [7, 11) is -4.77. The lowest BCUT2D eigenvalue weighted by Gasteiger charge is -2.44. The van der Waals surface area contributed by atoms with E-state index in [2.05, 4.69) is 189 Å². The van der Waals surface area contributed by atoms with Gasteiger partial charge in [0, 0.05) is 5.92 Å². The predicted molar refractivity (Wildman–Crippen MR) is 245 cm³/mol. The minimum Gasteiger partial charge on any atom is -0.448 e. The Bertz CT molecular complexity index is 2050. The number of amides is 1. The fourth-order valence-electron chi connectivity index (χ4n) is 8.24. The molecule has 8 heteroatoms. The van der Waals surface area contributed by atoms with Gasteiger partial charge in [-0.05, 0) is 75.2 Å². The molecule has 1 fully saturated rings. The Morgan fingerprint density at radius 3 is 1.42 bits per heavy atom. The number of carbonyl (C=O) groups is 1. The number of rotatable bonds is 12. The summed E-state index contributed by atoms with van der Waals surface area (Å²) in [5.41, 5.74) is 6.76. The van der Waals surface area contributed by atoms with Gasteiger partial charge in [0.05, 0.1) is 31.4 Å². The Morgan fingerprint density at radius 1 is 0.576 bits per heavy atom. The third-order valence-electron chi connectivity index (χ3n) is 13.6. The van der Waals surface area contributed by atoms with E-state index < -0.39 is 34.4 Å². The summed E-state index contributed by atoms with van der Waals surface area (Å²) in [6.07, 6.45) is -1.21. The molecule has 0 unspecified atom stereocenters. The summed E-state index contributed by atoms with van der Waals surface area (Å²) in [5.74, 6) is -0.0656. The van der Waals surface area contributed by atoms with Gasteiger partial charge in [-0.25, -0.2) is 4.79 Å². The Labute approximate surface area is 355 Å². The molecule has 7 rings (SSSR count). The Balaban J connectivity index is 1.31. The van der Waals surface area contributed by atoms with Crippen molar-refractivity contribution < 1.29 is 23.1 Å². The smallest absolute Gasteiger partial charge is 0.410 e. The molecule has 1 saturated heterocycles. The molecule has 0 bridgehead atoms. The zero-order valence-electron chi connectivity index (χ0n) is 36.7. The molecule has 0 aromatic heterocycles. The SMILES string of the molecule is CC(C)(C)[Si](C)(C)O[C@@H]1[C@@H](O[Si](C)(C)C(C)(C)C)CN(C(=O)OCC2c3ccccc3-c3ccccc32)[C@@H]1COC(c1ccccc1)(c1ccccc1)c1ccccc1. The lowest BCUT2D eigenvalue weighted by Crippen LogP contribution is -2.54. The first-order valence-corrected chi connectivity index (χ1v) is 27.0. The van der Waals surface area contributed by atoms with E-state index in [1.54, 1.807) is 0 Å². The summed E-state index contributed by atoms with van der Waals surface area (Å²) in [6, 6.07) is 47.6. The number of nitrogens with zero attached hydrogens (tertiary/aromatic N) is 1. The van der Waals surface area contributed by atoms with Crippen LogP contribution in [0.2, 0.25) is 36.3 Å². The quantitative estimate of drug-likeness (QED) is 0.0926. The average Bonchev–Trinajstić information content (AvgIpc) is 3.71. The van der Waals surface area contributed by atoms with Crippen molar-refractivity contribution in [2.45, 2.75) is 108 Å². The van der Waals surface area contributed by atoms with E-state index in [0.717, 1.165) is 16.7 Å². The Kier molecular flexibility index (Phi) is 12.1. The molecule has 5 aromatic rings. The number of ether oxygens (including phenoxy) is 2. The predicted octanol–water partition coefficient (Wildman–Crippen LogP) is 12.4. The van der Waals surface area contributed by atoms with Crippen LogP contribution in [0.25, 0.3) is 11.1 Å². The van der Waals surface area contributed by atoms with Crippen LogP contribution in [0.3, 0.4) is 0 Å². The van der Waals surface area contributed by atoms with E-state index in [1.807, 2.05) is 23.1 Å². The van der Waals surface area contributed by atoms with Crippen LogP contribution < -0.4 is 0 Å². The van der Waals surface area contributed by atoms with Crippen LogP contribution in [0.5, 0.6) is 0 Å². The summed E-state index contributed by atoms with van der Waals surface area (Å²) in [5, 5.41) is -0.139. The van der Waals surface area contributed by atoms with Gasteiger partial charge in [0.15, 0.2) is 16.6 Å². The Morgan fingerprint density at radius 2 is 0.983 bits per heavy atom. The molecule has 0 N–H and O–H groups in total. The minimum absolute atomic E-state index is 0.0548. The van der Waals surface area contributed by atoms with Crippen molar-refractivity contribution in [3.8, 4) is 11.1 Å². The van der Waals surface area contributed by atoms with Crippen LogP contribution in [0.4, 0.5) is 4.79 Å². The maximum Gasteiger partial charge on any atom is 0.410 e. The molecule has 1 heterocycles. The van der Waals surface area contributed by atoms with E-state index in [9.17, 15) is 4.79 Å². The Hall–Kier alpha value is -4.32. The summed E-state index contributed by atoms with van der Waals surface area (Å²) in [6.45, 7) is 23.4. The van der Waals surface area contributed by atoms with Crippen LogP contribution in [0.15, 0.2) is 140 Å². The molecule has 3 atom stereocenters. The molecule has 59 heavy (non-hydrogen) atoms. The topological polar surface area (TPSA) is 57.2 Å². The van der Waals surface area contributed by atoms with Crippen molar-refractivity contribution in [3.05, 3.63) is 167 Å². The molecule has 1 amide bonds. The number of likely N-dealkylation sites (tertiary alicyclic amines) is 1. The van der Waals surface area contributed by atoms with Gasteiger partial charge in [0.1, 0.15) is 12.2 Å². The number of hydrogen-bond acceptors (Lipinski definition) is 5. The summed E-state index contributed by atoms with van der Waals surface area (Å²) < 4.78 is 28.8. The number of carbonyl (C=O) groups excluding carboxylic acids is 1. The molecule has 0 spiro atoms. The molecular formula is C51H63NO5Si2. The van der Waals surface area contributed by atoms with Crippen molar-refractivity contribution >= 4 is 22.7 Å². The van der Waals surface area contributed by atoms with Crippen molar-refractivity contribution in [3.63, 3.8) is 0 Å². The molecule has 1 aliphatic carbocycles. The van der Waals surface area contributed by atoms with Gasteiger partial charge in [-0.1, -0.05) is 181 Å². The lowest BCUT2D eigenvalue weighted by molar-refractivity contribution is -0.0399. The second-order valence-corrected chi connectivity index (χ2v) is 28.9. The summed E-state index contributed by atoms with van der Waals surface area (Å²) in [4.78, 5) is 16.8. The first kappa shape index (κ1) is 42.8. The van der Waals surface area contributed by atoms with Gasteiger partial charge in [-0.15, -0.1) is 0 Å². The van der Waals surface area contributed by atoms with Gasteiger partial charge >= 0.3 is 6.09 Å². The van der Waals surface area contributed by atoms with Crippen LogP contribution in [0, 0.1) is 0 Å². The monoisotopic (exact) mass is 825 g/mol. The highest BCUT2D eigenvalue weighted by Gasteiger charge is 2.54. The van der Waals surface area contributed by atoms with Gasteiger partial charge in [-0.3, -0.25) is 4.90 Å². The van der Waals surface area contributed by atoms with Crippen LogP contribution in [0.1, 0.15) is 75.3 Å². The second-order valence-electron chi connectivity index (χ2n) is 19.4. The molecule has 0 radical (unpaired) electrons. The maximum atomic E-state index is 14.9. The van der Waals surface area contributed by atoms with E-state index in [-0.39, 0.29) is 41.4 Å². The standard InChI is InChI=1S/C51H63NO5Si2/c1-49(2,3)58(7,8)56-46-34-52(48(53)54-35-44-42-32-22-20-30-40(42)41-31-21-23-33-43(41)44)45(47(46)57-59(9,10)50(4,5)6)36-55-51(37-24-14-11-15-25-37,38-26-16-12-17-27-38)39-28-18-13-19-29-39/h11-33,44-47H,34-36H2,1-10H3/t45-,46+,47+/m1/s1. The molecule has 310 valence electrons. The van der Waals surface area contributed by atoms with Crippen LogP contribution >= 0.6 is 0 Å². The molecule has 5 aromatic carbocycles. The zero-order chi connectivity index (χ0) is 42.2. The molecular weight excluding hydrogens is 763 g/mol. The highest BCUT2D eigenvalue weighted by Crippen LogP contribution is 2.47. The molecule has 1 aliphatic heterocycles. The third kappa shape index (κ3) is 8.40. The number of fused-ring (bicyclic) bond motifs is 3. The largest absolute Gasteiger partial charge is 0.448 e. The average molecular weight is 826 g/mol. The van der Waals surface area contributed by atoms with Crippen LogP contribution in [-0.2, 0) is 23.9 Å². The third-order valence-corrected chi connectivity index (χ3v) is 22.6. The molecule has 0 saturated carbocycles. The van der Waals surface area contributed by atoms with Crippen molar-refractivity contribution in [2.75, 3.05) is 19.8 Å². The molecule has 6 nitrogen and oxygen atoms in total. The number of hydrogen-bond donors (Lipinski definition) is 0. The first-order valence-electron chi connectivity index (χ1n) is 21.2. The van der Waals surface area contributed by atoms with Gasteiger partial charge in [0.25, 0.3) is 0 Å². The van der Waals surface area contributed by atoms with Crippen molar-refractivity contribution in [1.82, 2.24) is 4.90 Å². The second kappa shape index (κ2) is 16.6. The minimum atomic E-state index is -2.42. The van der Waals surface area contributed by atoms with Crippen LogP contribution in [-0.4, -0.2) is 65.6 Å². The summed E-state index contributed by atoms with van der Waals surface area (Å²) >= 11 is 0. The zero-order valence-corrected chi connectivity index (χ0v) is 38.7. The van der Waals surface area contributed by atoms with E-state index in [4.69, 9.17) is 18.3 Å². The fourth-order valence-corrected chi connectivity index (χ4v) is 10.9. The highest BCUT2D eigenvalue weighted by atomic mass is 28.4. The van der Waals surface area contributed by atoms with E-state index in [0.29, 0.717) is 6.54 Å². The highest BCUT2D eigenvalue weighted by molar-refractivity contribution is 6.74. The van der Waals surface area contributed by atoms with Crippen molar-refractivity contribution in [1.29, 1.82) is 0 Å². The van der Waals surface area contributed by atoms with E-state index in [1.165, 1.54) is 22.3 Å². The number of benzene rings is 5.